The van der Waals surface area contributed by atoms with Crippen LogP contribution in [0, 0.1) is 5.92 Å². The average Bonchev–Trinajstić information content (AvgIpc) is 3.25. The number of imidazole rings is 1. The van der Waals surface area contributed by atoms with Crippen LogP contribution in [-0.4, -0.2) is 32.6 Å². The first-order chi connectivity index (χ1) is 12.4. The van der Waals surface area contributed by atoms with Crippen LogP contribution in [0.2, 0.25) is 0 Å². The third-order valence-corrected chi connectivity index (χ3v) is 4.44. The lowest BCUT2D eigenvalue weighted by Crippen LogP contribution is -2.29. The molecule has 0 saturated carbocycles. The maximum Gasteiger partial charge on any atom is 0.117 e. The minimum absolute atomic E-state index is 0.397. The van der Waals surface area contributed by atoms with Gasteiger partial charge in [-0.1, -0.05) is 6.07 Å². The van der Waals surface area contributed by atoms with Crippen LogP contribution in [0.15, 0.2) is 59.7 Å². The first-order valence-electron chi connectivity index (χ1n) is 8.58. The van der Waals surface area contributed by atoms with Crippen LogP contribution in [-0.2, 0) is 31.0 Å². The molecule has 0 radical (unpaired) electrons. The van der Waals surface area contributed by atoms with E-state index in [9.17, 15) is 0 Å². The molecule has 6 nitrogen and oxygen atoms in total. The predicted molar refractivity (Wildman–Crippen MR) is 92.4 cm³/mol. The molecule has 1 aliphatic rings. The largest absolute Gasteiger partial charge is 0.468 e. The van der Waals surface area contributed by atoms with Crippen molar-refractivity contribution in [2.24, 2.45) is 5.92 Å². The van der Waals surface area contributed by atoms with Crippen LogP contribution >= 0.6 is 0 Å². The third kappa shape index (κ3) is 4.15. The molecule has 0 fully saturated rings. The van der Waals surface area contributed by atoms with E-state index in [0.717, 1.165) is 37.6 Å². The topological polar surface area (TPSA) is 56.3 Å². The van der Waals surface area contributed by atoms with Gasteiger partial charge in [0.25, 0.3) is 0 Å². The van der Waals surface area contributed by atoms with Gasteiger partial charge in [-0.3, -0.25) is 9.88 Å². The lowest BCUT2D eigenvalue weighted by atomic mass is 10.1. The van der Waals surface area contributed by atoms with E-state index in [1.54, 1.807) is 12.5 Å². The van der Waals surface area contributed by atoms with Crippen molar-refractivity contribution in [1.82, 2.24) is 19.4 Å². The second-order valence-electron chi connectivity index (χ2n) is 6.49. The van der Waals surface area contributed by atoms with Crippen molar-refractivity contribution >= 4 is 0 Å². The molecule has 4 rings (SSSR count). The summed E-state index contributed by atoms with van der Waals surface area (Å²) in [7, 11) is 0. The van der Waals surface area contributed by atoms with Gasteiger partial charge in [0.2, 0.25) is 0 Å². The smallest absolute Gasteiger partial charge is 0.117 e. The summed E-state index contributed by atoms with van der Waals surface area (Å²) in [5.41, 5.74) is 2.20. The van der Waals surface area contributed by atoms with Crippen LogP contribution < -0.4 is 0 Å². The molecule has 25 heavy (non-hydrogen) atoms. The first kappa shape index (κ1) is 16.1. The summed E-state index contributed by atoms with van der Waals surface area (Å²) in [6.07, 6.45) is 7.39. The summed E-state index contributed by atoms with van der Waals surface area (Å²) in [5, 5.41) is 0. The van der Waals surface area contributed by atoms with Crippen molar-refractivity contribution in [2.45, 2.75) is 26.2 Å². The molecule has 6 heteroatoms. The Balaban J connectivity index is 1.40. The minimum atomic E-state index is 0.397. The van der Waals surface area contributed by atoms with Gasteiger partial charge >= 0.3 is 0 Å². The summed E-state index contributed by atoms with van der Waals surface area (Å²) in [6.45, 7) is 4.80. The van der Waals surface area contributed by atoms with Gasteiger partial charge in [0.15, 0.2) is 0 Å². The second kappa shape index (κ2) is 7.63. The summed E-state index contributed by atoms with van der Waals surface area (Å²) in [5.74, 6) is 1.38. The Bertz CT molecular complexity index is 770. The molecule has 0 N–H and O–H groups in total. The van der Waals surface area contributed by atoms with Crippen molar-refractivity contribution in [2.75, 3.05) is 13.2 Å². The van der Waals surface area contributed by atoms with E-state index in [-0.39, 0.29) is 0 Å². The van der Waals surface area contributed by atoms with Crippen molar-refractivity contribution in [3.8, 4) is 0 Å². The van der Waals surface area contributed by atoms with Crippen LogP contribution in [0.5, 0.6) is 0 Å². The molecule has 1 atom stereocenters. The van der Waals surface area contributed by atoms with E-state index >= 15 is 0 Å². The Morgan fingerprint density at radius 1 is 1.20 bits per heavy atom. The first-order valence-corrected chi connectivity index (χ1v) is 8.58. The van der Waals surface area contributed by atoms with Gasteiger partial charge in [0.05, 0.1) is 43.7 Å². The number of rotatable bonds is 6. The molecular weight excluding hydrogens is 316 g/mol. The number of fused-ring (bicyclic) bond motifs is 1. The van der Waals surface area contributed by atoms with E-state index in [0.29, 0.717) is 19.1 Å². The molecule has 0 aliphatic carbocycles. The standard InChI is InChI=1S/C19H22N4O2/c1-2-6-21-17(4-1)14-24-13-16-9-22(12-19-5-3-7-25-19)11-18-8-20-15-23(18)10-16/h1-8,15-16H,9-14H2/t16-/m1/s1. The zero-order valence-electron chi connectivity index (χ0n) is 14.1. The lowest BCUT2D eigenvalue weighted by Gasteiger charge is -2.23. The average molecular weight is 338 g/mol. The quantitative estimate of drug-likeness (QED) is 0.692. The summed E-state index contributed by atoms with van der Waals surface area (Å²) in [4.78, 5) is 11.0. The highest BCUT2D eigenvalue weighted by molar-refractivity contribution is 5.04. The van der Waals surface area contributed by atoms with Crippen LogP contribution in [0.1, 0.15) is 17.1 Å². The van der Waals surface area contributed by atoms with E-state index in [2.05, 4.69) is 19.4 Å². The third-order valence-electron chi connectivity index (χ3n) is 4.44. The predicted octanol–water partition coefficient (Wildman–Crippen LogP) is 2.72. The zero-order chi connectivity index (χ0) is 16.9. The van der Waals surface area contributed by atoms with Gasteiger partial charge in [0.1, 0.15) is 5.76 Å². The number of pyridine rings is 1. The van der Waals surface area contributed by atoms with E-state index in [4.69, 9.17) is 9.15 Å². The molecule has 0 saturated heterocycles. The second-order valence-corrected chi connectivity index (χ2v) is 6.49. The fourth-order valence-electron chi connectivity index (χ4n) is 3.30. The highest BCUT2D eigenvalue weighted by atomic mass is 16.5. The molecule has 0 bridgehead atoms. The summed E-state index contributed by atoms with van der Waals surface area (Å²) < 4.78 is 13.7. The molecule has 0 spiro atoms. The van der Waals surface area contributed by atoms with Crippen molar-refractivity contribution in [1.29, 1.82) is 0 Å². The van der Waals surface area contributed by atoms with Gasteiger partial charge in [0, 0.05) is 37.9 Å². The van der Waals surface area contributed by atoms with Crippen molar-refractivity contribution in [3.05, 3.63) is 72.5 Å². The fourth-order valence-corrected chi connectivity index (χ4v) is 3.30. The van der Waals surface area contributed by atoms with Gasteiger partial charge in [-0.05, 0) is 24.3 Å². The summed E-state index contributed by atoms with van der Waals surface area (Å²) >= 11 is 0. The van der Waals surface area contributed by atoms with Crippen LogP contribution in [0.4, 0.5) is 0 Å². The van der Waals surface area contributed by atoms with Gasteiger partial charge in [-0.25, -0.2) is 4.98 Å². The number of nitrogens with zero attached hydrogens (tertiary/aromatic N) is 4. The number of hydrogen-bond acceptors (Lipinski definition) is 5. The van der Waals surface area contributed by atoms with Crippen molar-refractivity contribution < 1.29 is 9.15 Å². The molecule has 130 valence electrons. The Morgan fingerprint density at radius 2 is 2.20 bits per heavy atom. The molecule has 0 aromatic carbocycles. The number of aromatic nitrogens is 3. The Labute approximate surface area is 147 Å². The highest BCUT2D eigenvalue weighted by Gasteiger charge is 2.22. The normalized spacial score (nSPS) is 18.0. The van der Waals surface area contributed by atoms with Gasteiger partial charge in [-0.2, -0.15) is 0 Å². The maximum atomic E-state index is 5.94. The highest BCUT2D eigenvalue weighted by Crippen LogP contribution is 2.19. The Morgan fingerprint density at radius 3 is 3.04 bits per heavy atom. The molecule has 3 aromatic heterocycles. The zero-order valence-corrected chi connectivity index (χ0v) is 14.1. The van der Waals surface area contributed by atoms with Crippen LogP contribution in [0.25, 0.3) is 0 Å². The fraction of sp³-hybridized carbons (Fsp3) is 0.368. The van der Waals surface area contributed by atoms with Gasteiger partial charge in [-0.15, -0.1) is 0 Å². The maximum absolute atomic E-state index is 5.94. The molecule has 1 aliphatic heterocycles. The molecule has 4 heterocycles. The van der Waals surface area contributed by atoms with E-state index in [1.807, 2.05) is 42.9 Å². The number of ether oxygens (including phenoxy) is 1. The monoisotopic (exact) mass is 338 g/mol. The Kier molecular flexibility index (Phi) is 4.90. The number of furan rings is 1. The van der Waals surface area contributed by atoms with Crippen molar-refractivity contribution in [3.63, 3.8) is 0 Å². The molecule has 0 amide bonds. The van der Waals surface area contributed by atoms with Gasteiger partial charge < -0.3 is 13.7 Å². The van der Waals surface area contributed by atoms with E-state index in [1.165, 1.54) is 5.69 Å². The summed E-state index contributed by atoms with van der Waals surface area (Å²) in [6, 6.07) is 9.85. The minimum Gasteiger partial charge on any atom is -0.468 e. The molecular formula is C19H22N4O2. The Hall–Kier alpha value is -2.44. The SMILES string of the molecule is c1ccc(COC[C@@H]2CN(Cc3ccco3)Cc3cncn3C2)nc1. The lowest BCUT2D eigenvalue weighted by molar-refractivity contribution is 0.0637. The van der Waals surface area contributed by atoms with E-state index < -0.39 is 0 Å². The molecule has 3 aromatic rings. The molecule has 0 unspecified atom stereocenters. The van der Waals surface area contributed by atoms with Crippen LogP contribution in [0.3, 0.4) is 0 Å². The number of hydrogen-bond donors (Lipinski definition) is 0.